The van der Waals surface area contributed by atoms with Gasteiger partial charge in [0.2, 0.25) is 5.91 Å². The standard InChI is InChI=1S/C11H20N2O4/c1-3-5-11(16)7-13(8-11)6-9(14)12-10(15)17-4-2/h16H,3-8H2,1-2H3,(H,12,14,15). The Morgan fingerprint density at radius 1 is 1.41 bits per heavy atom. The van der Waals surface area contributed by atoms with Gasteiger partial charge in [0.1, 0.15) is 0 Å². The van der Waals surface area contributed by atoms with Crippen molar-refractivity contribution in [3.63, 3.8) is 0 Å². The van der Waals surface area contributed by atoms with Crippen molar-refractivity contribution in [2.45, 2.75) is 32.3 Å². The van der Waals surface area contributed by atoms with Crippen molar-refractivity contribution in [2.24, 2.45) is 0 Å². The highest BCUT2D eigenvalue weighted by Crippen LogP contribution is 2.24. The summed E-state index contributed by atoms with van der Waals surface area (Å²) in [5.41, 5.74) is -0.654. The highest BCUT2D eigenvalue weighted by atomic mass is 16.5. The fourth-order valence-electron chi connectivity index (χ4n) is 2.05. The Morgan fingerprint density at radius 2 is 2.06 bits per heavy atom. The van der Waals surface area contributed by atoms with Gasteiger partial charge in [0.25, 0.3) is 0 Å². The molecule has 17 heavy (non-hydrogen) atoms. The largest absolute Gasteiger partial charge is 0.450 e. The minimum atomic E-state index is -0.721. The molecule has 1 saturated heterocycles. The lowest BCUT2D eigenvalue weighted by atomic mass is 9.89. The number of alkyl carbamates (subject to hydrolysis) is 1. The molecule has 6 heteroatoms. The summed E-state index contributed by atoms with van der Waals surface area (Å²) < 4.78 is 4.59. The van der Waals surface area contributed by atoms with E-state index in [0.717, 1.165) is 12.8 Å². The molecule has 0 unspecified atom stereocenters. The maximum Gasteiger partial charge on any atom is 0.413 e. The van der Waals surface area contributed by atoms with Gasteiger partial charge >= 0.3 is 6.09 Å². The number of β-amino-alcohol motifs (C(OH)–C–C–N with tert-alkyl or cyclic N) is 1. The molecule has 2 N–H and O–H groups in total. The van der Waals surface area contributed by atoms with E-state index in [1.165, 1.54) is 0 Å². The first-order chi connectivity index (χ1) is 7.99. The van der Waals surface area contributed by atoms with Crippen LogP contribution in [-0.4, -0.2) is 53.8 Å². The molecular formula is C11H20N2O4. The van der Waals surface area contributed by atoms with Crippen LogP contribution in [0.15, 0.2) is 0 Å². The number of nitrogens with one attached hydrogen (secondary N) is 1. The molecule has 0 atom stereocenters. The molecule has 0 spiro atoms. The summed E-state index contributed by atoms with van der Waals surface area (Å²) in [5, 5.41) is 12.0. The van der Waals surface area contributed by atoms with Crippen LogP contribution in [0.25, 0.3) is 0 Å². The van der Waals surface area contributed by atoms with Crippen molar-refractivity contribution < 1.29 is 19.4 Å². The number of imide groups is 1. The molecule has 0 bridgehead atoms. The first-order valence-corrected chi connectivity index (χ1v) is 5.90. The van der Waals surface area contributed by atoms with Crippen LogP contribution < -0.4 is 5.32 Å². The van der Waals surface area contributed by atoms with Crippen LogP contribution in [0.4, 0.5) is 4.79 Å². The average molecular weight is 244 g/mol. The molecule has 0 aromatic rings. The Morgan fingerprint density at radius 3 is 2.59 bits per heavy atom. The Kier molecular flexibility index (Phi) is 4.89. The zero-order valence-electron chi connectivity index (χ0n) is 10.4. The molecule has 1 aliphatic rings. The van der Waals surface area contributed by atoms with Gasteiger partial charge in [-0.3, -0.25) is 15.0 Å². The van der Waals surface area contributed by atoms with E-state index >= 15 is 0 Å². The Hall–Kier alpha value is -1.14. The van der Waals surface area contributed by atoms with Crippen molar-refractivity contribution >= 4 is 12.0 Å². The molecule has 1 rings (SSSR count). The second-order valence-corrected chi connectivity index (χ2v) is 4.39. The molecule has 0 saturated carbocycles. The van der Waals surface area contributed by atoms with Crippen LogP contribution in [0.2, 0.25) is 0 Å². The molecular weight excluding hydrogens is 224 g/mol. The van der Waals surface area contributed by atoms with E-state index in [4.69, 9.17) is 0 Å². The molecule has 0 aromatic carbocycles. The van der Waals surface area contributed by atoms with Crippen molar-refractivity contribution in [3.05, 3.63) is 0 Å². The molecule has 0 aliphatic carbocycles. The highest BCUT2D eigenvalue weighted by Gasteiger charge is 2.40. The molecule has 0 aromatic heterocycles. The number of rotatable bonds is 5. The van der Waals surface area contributed by atoms with Gasteiger partial charge < -0.3 is 9.84 Å². The van der Waals surface area contributed by atoms with E-state index < -0.39 is 17.6 Å². The van der Waals surface area contributed by atoms with Gasteiger partial charge in [0.05, 0.1) is 18.8 Å². The van der Waals surface area contributed by atoms with Gasteiger partial charge in [-0.2, -0.15) is 0 Å². The molecule has 1 heterocycles. The molecule has 2 amide bonds. The number of carbonyl (C=O) groups is 2. The lowest BCUT2D eigenvalue weighted by Crippen LogP contribution is -2.63. The minimum absolute atomic E-state index is 0.116. The first-order valence-electron chi connectivity index (χ1n) is 5.90. The van der Waals surface area contributed by atoms with E-state index in [1.54, 1.807) is 11.8 Å². The summed E-state index contributed by atoms with van der Waals surface area (Å²) in [6, 6.07) is 0. The molecule has 0 radical (unpaired) electrons. The van der Waals surface area contributed by atoms with Crippen LogP contribution in [0, 0.1) is 0 Å². The number of hydrogen-bond donors (Lipinski definition) is 2. The molecule has 6 nitrogen and oxygen atoms in total. The topological polar surface area (TPSA) is 78.9 Å². The van der Waals surface area contributed by atoms with Crippen LogP contribution in [-0.2, 0) is 9.53 Å². The van der Waals surface area contributed by atoms with Gasteiger partial charge in [-0.25, -0.2) is 4.79 Å². The number of aliphatic hydroxyl groups is 1. The van der Waals surface area contributed by atoms with Crippen molar-refractivity contribution in [1.29, 1.82) is 0 Å². The number of hydrogen-bond acceptors (Lipinski definition) is 5. The summed E-state index contributed by atoms with van der Waals surface area (Å²) in [4.78, 5) is 24.1. The third-order valence-electron chi connectivity index (χ3n) is 2.64. The average Bonchev–Trinajstić information content (AvgIpc) is 2.15. The maximum absolute atomic E-state index is 11.4. The predicted octanol–water partition coefficient (Wildman–Crippen LogP) is 0.106. The second-order valence-electron chi connectivity index (χ2n) is 4.39. The molecule has 1 fully saturated rings. The van der Waals surface area contributed by atoms with Gasteiger partial charge in [-0.1, -0.05) is 13.3 Å². The van der Waals surface area contributed by atoms with Crippen molar-refractivity contribution in [2.75, 3.05) is 26.2 Å². The normalized spacial score (nSPS) is 18.3. The van der Waals surface area contributed by atoms with Crippen LogP contribution in [0.1, 0.15) is 26.7 Å². The van der Waals surface area contributed by atoms with Gasteiger partial charge in [0, 0.05) is 13.1 Å². The first kappa shape index (κ1) is 13.9. The van der Waals surface area contributed by atoms with Gasteiger partial charge in [0.15, 0.2) is 0 Å². The van der Waals surface area contributed by atoms with E-state index in [2.05, 4.69) is 10.1 Å². The summed E-state index contributed by atoms with van der Waals surface area (Å²) in [7, 11) is 0. The zero-order chi connectivity index (χ0) is 12.9. The predicted molar refractivity (Wildman–Crippen MR) is 61.5 cm³/mol. The van der Waals surface area contributed by atoms with Gasteiger partial charge in [-0.05, 0) is 13.3 Å². The van der Waals surface area contributed by atoms with Crippen LogP contribution in [0.3, 0.4) is 0 Å². The number of carbonyl (C=O) groups excluding carboxylic acids is 2. The number of likely N-dealkylation sites (tertiary alicyclic amines) is 1. The molecule has 1 aliphatic heterocycles. The smallest absolute Gasteiger partial charge is 0.413 e. The van der Waals surface area contributed by atoms with E-state index in [-0.39, 0.29) is 13.2 Å². The number of amides is 2. The number of ether oxygens (including phenoxy) is 1. The van der Waals surface area contributed by atoms with Crippen molar-refractivity contribution in [1.82, 2.24) is 10.2 Å². The zero-order valence-corrected chi connectivity index (χ0v) is 10.4. The third kappa shape index (κ3) is 4.32. The van der Waals surface area contributed by atoms with E-state index in [0.29, 0.717) is 13.1 Å². The van der Waals surface area contributed by atoms with Crippen LogP contribution >= 0.6 is 0 Å². The fraction of sp³-hybridized carbons (Fsp3) is 0.818. The Labute approximate surface area is 101 Å². The maximum atomic E-state index is 11.4. The summed E-state index contributed by atoms with van der Waals surface area (Å²) in [6.07, 6.45) is 0.935. The molecule has 98 valence electrons. The second kappa shape index (κ2) is 5.97. The monoisotopic (exact) mass is 244 g/mol. The van der Waals surface area contributed by atoms with E-state index in [9.17, 15) is 14.7 Å². The summed E-state index contributed by atoms with van der Waals surface area (Å²) in [6.45, 7) is 5.00. The minimum Gasteiger partial charge on any atom is -0.450 e. The third-order valence-corrected chi connectivity index (χ3v) is 2.64. The van der Waals surface area contributed by atoms with Crippen molar-refractivity contribution in [3.8, 4) is 0 Å². The number of nitrogens with zero attached hydrogens (tertiary/aromatic N) is 1. The van der Waals surface area contributed by atoms with E-state index in [1.807, 2.05) is 6.92 Å². The quantitative estimate of drug-likeness (QED) is 0.717. The Balaban J connectivity index is 2.20. The van der Waals surface area contributed by atoms with Gasteiger partial charge in [-0.15, -0.1) is 0 Å². The Bertz CT molecular complexity index is 287. The van der Waals surface area contributed by atoms with Crippen LogP contribution in [0.5, 0.6) is 0 Å². The fourth-order valence-corrected chi connectivity index (χ4v) is 2.05. The lowest BCUT2D eigenvalue weighted by Gasteiger charge is -2.46. The summed E-state index contributed by atoms with van der Waals surface area (Å²) >= 11 is 0. The summed E-state index contributed by atoms with van der Waals surface area (Å²) in [5.74, 6) is -0.401. The highest BCUT2D eigenvalue weighted by molar-refractivity contribution is 5.92. The lowest BCUT2D eigenvalue weighted by molar-refractivity contribution is -0.133. The SMILES string of the molecule is CCCC1(O)CN(CC(=O)NC(=O)OCC)C1.